The summed E-state index contributed by atoms with van der Waals surface area (Å²) >= 11 is 0. The van der Waals surface area contributed by atoms with Gasteiger partial charge in [-0.05, 0) is 25.7 Å². The van der Waals surface area contributed by atoms with Gasteiger partial charge in [-0.15, -0.1) is 0 Å². The molecular weight excluding hydrogens is 186 g/mol. The van der Waals surface area contributed by atoms with E-state index < -0.39 is 0 Å². The van der Waals surface area contributed by atoms with Crippen molar-refractivity contribution in [1.82, 2.24) is 4.90 Å². The molecule has 0 aliphatic heterocycles. The first-order valence-electron chi connectivity index (χ1n) is 6.29. The van der Waals surface area contributed by atoms with Crippen molar-refractivity contribution in [2.24, 2.45) is 11.8 Å². The molecule has 0 aromatic heterocycles. The van der Waals surface area contributed by atoms with Crippen LogP contribution in [0.2, 0.25) is 0 Å². The summed E-state index contributed by atoms with van der Waals surface area (Å²) in [6, 6.07) is 0.420. The van der Waals surface area contributed by atoms with Crippen LogP contribution in [0.1, 0.15) is 54.4 Å². The van der Waals surface area contributed by atoms with Crippen LogP contribution in [0.15, 0.2) is 0 Å². The van der Waals surface area contributed by atoms with E-state index in [1.807, 2.05) is 11.8 Å². The summed E-state index contributed by atoms with van der Waals surface area (Å²) in [6.45, 7) is 13.5. The number of carbonyl (C=O) groups excluding carboxylic acids is 1. The van der Waals surface area contributed by atoms with E-state index in [1.165, 1.54) is 0 Å². The lowest BCUT2D eigenvalue weighted by atomic mass is 9.95. The van der Waals surface area contributed by atoms with Gasteiger partial charge in [-0.1, -0.05) is 34.6 Å². The Bertz CT molecular complexity index is 185. The first kappa shape index (κ1) is 14.5. The first-order valence-corrected chi connectivity index (χ1v) is 6.29. The van der Waals surface area contributed by atoms with E-state index in [1.54, 1.807) is 0 Å². The lowest BCUT2D eigenvalue weighted by Gasteiger charge is -2.32. The van der Waals surface area contributed by atoms with Crippen LogP contribution in [-0.4, -0.2) is 23.4 Å². The summed E-state index contributed by atoms with van der Waals surface area (Å²) in [6.07, 6.45) is 2.11. The molecule has 0 heterocycles. The number of rotatable bonds is 6. The van der Waals surface area contributed by atoms with E-state index in [2.05, 4.69) is 34.6 Å². The van der Waals surface area contributed by atoms with Gasteiger partial charge in [-0.2, -0.15) is 0 Å². The highest BCUT2D eigenvalue weighted by Crippen LogP contribution is 2.17. The van der Waals surface area contributed by atoms with Gasteiger partial charge in [-0.25, -0.2) is 0 Å². The van der Waals surface area contributed by atoms with Crippen LogP contribution in [0, 0.1) is 11.8 Å². The van der Waals surface area contributed by atoms with Crippen LogP contribution >= 0.6 is 0 Å². The van der Waals surface area contributed by atoms with Crippen LogP contribution in [0.5, 0.6) is 0 Å². The molecule has 0 spiro atoms. The molecule has 1 unspecified atom stereocenters. The molecule has 15 heavy (non-hydrogen) atoms. The maximum absolute atomic E-state index is 12.2. The number of amides is 1. The highest BCUT2D eigenvalue weighted by Gasteiger charge is 2.25. The van der Waals surface area contributed by atoms with E-state index in [4.69, 9.17) is 0 Å². The van der Waals surface area contributed by atoms with E-state index in [0.717, 1.165) is 19.4 Å². The molecule has 0 aliphatic rings. The number of nitrogens with zero attached hydrogens (tertiary/aromatic N) is 1. The third kappa shape index (κ3) is 3.84. The molecule has 0 aromatic rings. The van der Waals surface area contributed by atoms with E-state index in [0.29, 0.717) is 17.9 Å². The predicted molar refractivity (Wildman–Crippen MR) is 65.8 cm³/mol. The van der Waals surface area contributed by atoms with Gasteiger partial charge in [0.2, 0.25) is 5.91 Å². The van der Waals surface area contributed by atoms with Gasteiger partial charge >= 0.3 is 0 Å². The Kier molecular flexibility index (Phi) is 6.62. The van der Waals surface area contributed by atoms with E-state index in [-0.39, 0.29) is 5.92 Å². The zero-order valence-corrected chi connectivity index (χ0v) is 11.2. The van der Waals surface area contributed by atoms with E-state index in [9.17, 15) is 4.79 Å². The molecule has 0 saturated heterocycles. The van der Waals surface area contributed by atoms with Gasteiger partial charge in [0.1, 0.15) is 0 Å². The molecule has 90 valence electrons. The van der Waals surface area contributed by atoms with Gasteiger partial charge in [0.05, 0.1) is 0 Å². The van der Waals surface area contributed by atoms with Crippen molar-refractivity contribution in [2.45, 2.75) is 60.4 Å². The minimum Gasteiger partial charge on any atom is -0.340 e. The predicted octanol–water partition coefficient (Wildman–Crippen LogP) is 3.32. The molecule has 0 fully saturated rings. The highest BCUT2D eigenvalue weighted by atomic mass is 16.2. The van der Waals surface area contributed by atoms with Gasteiger partial charge in [0, 0.05) is 18.5 Å². The van der Waals surface area contributed by atoms with Crippen LogP contribution in [0.4, 0.5) is 0 Å². The topological polar surface area (TPSA) is 20.3 Å². The summed E-state index contributed by atoms with van der Waals surface area (Å²) in [5, 5.41) is 0. The fourth-order valence-corrected chi connectivity index (χ4v) is 1.87. The fourth-order valence-electron chi connectivity index (χ4n) is 1.87. The van der Waals surface area contributed by atoms with Crippen LogP contribution in [0.3, 0.4) is 0 Å². The zero-order valence-electron chi connectivity index (χ0n) is 11.2. The van der Waals surface area contributed by atoms with Crippen molar-refractivity contribution in [3.63, 3.8) is 0 Å². The maximum Gasteiger partial charge on any atom is 0.225 e. The number of hydrogen-bond donors (Lipinski definition) is 0. The van der Waals surface area contributed by atoms with Crippen molar-refractivity contribution in [2.75, 3.05) is 6.54 Å². The lowest BCUT2D eigenvalue weighted by molar-refractivity contribution is -0.138. The van der Waals surface area contributed by atoms with Gasteiger partial charge in [0.15, 0.2) is 0 Å². The number of hydrogen-bond acceptors (Lipinski definition) is 1. The number of carbonyl (C=O) groups is 1. The molecule has 0 rings (SSSR count). The second kappa shape index (κ2) is 6.86. The van der Waals surface area contributed by atoms with Gasteiger partial charge in [0.25, 0.3) is 0 Å². The Balaban J connectivity index is 4.59. The second-order valence-electron chi connectivity index (χ2n) is 4.63. The Hall–Kier alpha value is -0.530. The standard InChI is InChI=1S/C13H27NO/c1-7-12(8-2)14(9-3)13(15)11(6)10(4)5/h10-12H,7-9H2,1-6H3. The Morgan fingerprint density at radius 3 is 1.80 bits per heavy atom. The largest absolute Gasteiger partial charge is 0.340 e. The lowest BCUT2D eigenvalue weighted by Crippen LogP contribution is -2.43. The summed E-state index contributed by atoms with van der Waals surface area (Å²) in [7, 11) is 0. The van der Waals surface area contributed by atoms with Crippen molar-refractivity contribution >= 4 is 5.91 Å². The molecule has 1 atom stereocenters. The first-order chi connectivity index (χ1) is 6.99. The Morgan fingerprint density at radius 1 is 1.07 bits per heavy atom. The SMILES string of the molecule is CCC(CC)N(CC)C(=O)C(C)C(C)C. The van der Waals surface area contributed by atoms with Gasteiger partial charge < -0.3 is 4.90 Å². The van der Waals surface area contributed by atoms with Crippen molar-refractivity contribution < 1.29 is 4.79 Å². The second-order valence-corrected chi connectivity index (χ2v) is 4.63. The average Bonchev–Trinajstić information content (AvgIpc) is 2.23. The molecule has 1 amide bonds. The summed E-state index contributed by atoms with van der Waals surface area (Å²) in [4.78, 5) is 14.2. The summed E-state index contributed by atoms with van der Waals surface area (Å²) in [5.41, 5.74) is 0. The fraction of sp³-hybridized carbons (Fsp3) is 0.923. The minimum absolute atomic E-state index is 0.144. The van der Waals surface area contributed by atoms with Crippen molar-refractivity contribution in [3.05, 3.63) is 0 Å². The molecule has 0 saturated carbocycles. The normalized spacial score (nSPS) is 13.3. The molecule has 2 nitrogen and oxygen atoms in total. The molecule has 0 bridgehead atoms. The third-order valence-corrected chi connectivity index (χ3v) is 3.40. The summed E-state index contributed by atoms with van der Waals surface area (Å²) < 4.78 is 0. The third-order valence-electron chi connectivity index (χ3n) is 3.40. The molecule has 0 radical (unpaired) electrons. The summed E-state index contributed by atoms with van der Waals surface area (Å²) in [5.74, 6) is 0.896. The van der Waals surface area contributed by atoms with Crippen LogP contribution in [-0.2, 0) is 4.79 Å². The molecule has 2 heteroatoms. The monoisotopic (exact) mass is 213 g/mol. The molecule has 0 N–H and O–H groups in total. The van der Waals surface area contributed by atoms with Crippen molar-refractivity contribution in [3.8, 4) is 0 Å². The maximum atomic E-state index is 12.2. The molecule has 0 aromatic carbocycles. The van der Waals surface area contributed by atoms with E-state index >= 15 is 0 Å². The quantitative estimate of drug-likeness (QED) is 0.663. The highest BCUT2D eigenvalue weighted by molar-refractivity contribution is 5.79. The van der Waals surface area contributed by atoms with Crippen LogP contribution < -0.4 is 0 Å². The Morgan fingerprint density at radius 2 is 1.53 bits per heavy atom. The minimum atomic E-state index is 0.144. The van der Waals surface area contributed by atoms with Crippen LogP contribution in [0.25, 0.3) is 0 Å². The van der Waals surface area contributed by atoms with Gasteiger partial charge in [-0.3, -0.25) is 4.79 Å². The molecular formula is C13H27NO. The average molecular weight is 213 g/mol. The van der Waals surface area contributed by atoms with Crippen molar-refractivity contribution in [1.29, 1.82) is 0 Å². The zero-order chi connectivity index (χ0) is 12.0. The molecule has 0 aliphatic carbocycles. The smallest absolute Gasteiger partial charge is 0.225 e. The Labute approximate surface area is 95.0 Å².